The number of fused-ring (bicyclic) bond motifs is 2. The summed E-state index contributed by atoms with van der Waals surface area (Å²) >= 11 is 3.12. The summed E-state index contributed by atoms with van der Waals surface area (Å²) in [5.74, 6) is -0.664. The lowest BCUT2D eigenvalue weighted by Gasteiger charge is -2.43. The first-order valence-corrected chi connectivity index (χ1v) is 32.5. The van der Waals surface area contributed by atoms with E-state index >= 15 is 0 Å². The number of pyridine rings is 2. The molecule has 0 spiro atoms. The first-order chi connectivity index (χ1) is 43.0. The Morgan fingerprint density at radius 2 is 1.03 bits per heavy atom. The Balaban J connectivity index is 0.000000139. The van der Waals surface area contributed by atoms with Crippen LogP contribution >= 0.6 is 15.9 Å². The van der Waals surface area contributed by atoms with Crippen molar-refractivity contribution in [2.75, 3.05) is 36.4 Å². The molecule has 10 heterocycles. The molecule has 4 aromatic heterocycles. The van der Waals surface area contributed by atoms with Gasteiger partial charge in [-0.1, -0.05) is 79.0 Å². The minimum absolute atomic E-state index is 0.0234. The number of imide groups is 2. The highest BCUT2D eigenvalue weighted by Crippen LogP contribution is 2.46. The van der Waals surface area contributed by atoms with Gasteiger partial charge < -0.3 is 24.3 Å². The molecule has 2 atom stereocenters. The highest BCUT2D eigenvalue weighted by Gasteiger charge is 2.45. The number of hydrogen-bond donors (Lipinski definition) is 3. The third-order valence-corrected chi connectivity index (χ3v) is 21.4. The van der Waals surface area contributed by atoms with E-state index in [4.69, 9.17) is 9.97 Å². The van der Waals surface area contributed by atoms with E-state index in [0.29, 0.717) is 49.1 Å². The van der Waals surface area contributed by atoms with Crippen LogP contribution in [-0.2, 0) is 41.6 Å². The molecule has 6 fully saturated rings. The van der Waals surface area contributed by atoms with Crippen LogP contribution in [0.4, 0.5) is 11.4 Å². The molecule has 456 valence electrons. The number of amides is 8. The monoisotopic (exact) mass is 1260 g/mol. The molecule has 19 heteroatoms. The van der Waals surface area contributed by atoms with Crippen molar-refractivity contribution >= 4 is 118 Å². The number of likely N-dealkylation sites (tertiary alicyclic amines) is 2. The van der Waals surface area contributed by atoms with Gasteiger partial charge in [-0.15, -0.1) is 0 Å². The molecule has 2 unspecified atom stereocenters. The van der Waals surface area contributed by atoms with Gasteiger partial charge in [0.05, 0.1) is 10.5 Å². The van der Waals surface area contributed by atoms with Crippen molar-refractivity contribution in [3.05, 3.63) is 143 Å². The number of anilines is 2. The number of benzene rings is 4. The third kappa shape index (κ3) is 10.5. The second kappa shape index (κ2) is 23.1. The van der Waals surface area contributed by atoms with E-state index in [9.17, 15) is 38.4 Å². The van der Waals surface area contributed by atoms with Crippen molar-refractivity contribution in [1.29, 1.82) is 0 Å². The fourth-order valence-electron chi connectivity index (χ4n) is 15.1. The largest absolute Gasteiger partial charge is 0.342 e. The number of nitrogens with one attached hydrogen (secondary N) is 3. The quantitative estimate of drug-likeness (QED) is 0.0917. The van der Waals surface area contributed by atoms with Crippen LogP contribution in [0.1, 0.15) is 159 Å². The van der Waals surface area contributed by atoms with Crippen LogP contribution in [0.25, 0.3) is 43.6 Å². The summed E-state index contributed by atoms with van der Waals surface area (Å²) in [5, 5.41) is 13.9. The number of piperidine rings is 4. The molecule has 0 bridgehead atoms. The Bertz CT molecular complexity index is 4280. The van der Waals surface area contributed by atoms with Crippen molar-refractivity contribution in [3.63, 3.8) is 0 Å². The molecular weight excluding hydrogens is 1190 g/mol. The van der Waals surface area contributed by atoms with E-state index < -0.39 is 11.9 Å². The lowest BCUT2D eigenvalue weighted by molar-refractivity contribution is -0.148. The normalized spacial score (nSPS) is 21.2. The Kier molecular flexibility index (Phi) is 15.1. The number of hydrogen-bond acceptors (Lipinski definition) is 10. The molecule has 2 saturated carbocycles. The van der Waals surface area contributed by atoms with E-state index in [1.165, 1.54) is 28.5 Å². The summed E-state index contributed by atoms with van der Waals surface area (Å²) in [4.78, 5) is 113. The van der Waals surface area contributed by atoms with Gasteiger partial charge in [0.2, 0.25) is 35.4 Å². The fourth-order valence-corrected chi connectivity index (χ4v) is 15.4. The van der Waals surface area contributed by atoms with Crippen LogP contribution in [0.5, 0.6) is 0 Å². The molecule has 3 N–H and O–H groups in total. The van der Waals surface area contributed by atoms with E-state index in [2.05, 4.69) is 107 Å². The molecule has 89 heavy (non-hydrogen) atoms. The van der Waals surface area contributed by atoms with E-state index in [1.54, 1.807) is 4.90 Å². The maximum Gasteiger partial charge on any atom is 0.259 e. The predicted octanol–water partition coefficient (Wildman–Crippen LogP) is 10.8. The number of alkyl halides is 1. The first kappa shape index (κ1) is 58.1. The van der Waals surface area contributed by atoms with Gasteiger partial charge in [-0.2, -0.15) is 0 Å². The lowest BCUT2D eigenvalue weighted by Crippen LogP contribution is -2.53. The van der Waals surface area contributed by atoms with Gasteiger partial charge >= 0.3 is 0 Å². The van der Waals surface area contributed by atoms with Gasteiger partial charge in [-0.3, -0.25) is 53.9 Å². The summed E-state index contributed by atoms with van der Waals surface area (Å²) in [6.07, 6.45) is 21.4. The van der Waals surface area contributed by atoms with Gasteiger partial charge in [0.15, 0.2) is 0 Å². The predicted molar refractivity (Wildman–Crippen MR) is 343 cm³/mol. The zero-order valence-electron chi connectivity index (χ0n) is 50.1. The van der Waals surface area contributed by atoms with Gasteiger partial charge in [-0.25, -0.2) is 9.97 Å². The van der Waals surface area contributed by atoms with E-state index in [1.807, 2.05) is 67.0 Å². The fraction of sp³-hybridized carbons (Fsp3) is 0.400. The van der Waals surface area contributed by atoms with Crippen molar-refractivity contribution in [2.45, 2.75) is 140 Å². The summed E-state index contributed by atoms with van der Waals surface area (Å²) in [6, 6.07) is 28.1. The molecule has 8 amide bonds. The minimum atomic E-state index is -0.705. The molecule has 4 saturated heterocycles. The minimum Gasteiger partial charge on any atom is -0.342 e. The highest BCUT2D eigenvalue weighted by atomic mass is 79.9. The van der Waals surface area contributed by atoms with Crippen molar-refractivity contribution < 1.29 is 38.4 Å². The SMILES string of the molecule is CC1(C(=O)N2CCC(n3cc(Cc4ccc5c6c(cccc46)C(=O)N5)c4cccnc43)CC2)CCC1.CC1(C(=O)N2CCC(n3cc(Cc4ccc5c6c(cccc46)C(=O)N5C4CCC(=O)NC4=O)c4cccnc43)CC2)CCC1.O=C1CCC(Br)C(=O)N1. The third-order valence-electron chi connectivity index (χ3n) is 20.5. The maximum atomic E-state index is 13.6. The van der Waals surface area contributed by atoms with Crippen molar-refractivity contribution in [2.24, 2.45) is 10.8 Å². The first-order valence-electron chi connectivity index (χ1n) is 31.6. The number of nitrogens with zero attached hydrogens (tertiary/aromatic N) is 7. The summed E-state index contributed by atoms with van der Waals surface area (Å²) in [5.41, 5.74) is 9.38. The zero-order valence-corrected chi connectivity index (χ0v) is 51.7. The summed E-state index contributed by atoms with van der Waals surface area (Å²) < 4.78 is 4.66. The lowest BCUT2D eigenvalue weighted by atomic mass is 9.69. The van der Waals surface area contributed by atoms with Crippen LogP contribution in [-0.4, -0.2) is 113 Å². The second-order valence-corrected chi connectivity index (χ2v) is 27.2. The van der Waals surface area contributed by atoms with Crippen molar-refractivity contribution in [1.82, 2.24) is 39.5 Å². The molecular formula is C70H71BrN10O8. The smallest absolute Gasteiger partial charge is 0.259 e. The molecule has 18 nitrogen and oxygen atoms in total. The molecule has 4 aromatic carbocycles. The molecule has 16 rings (SSSR count). The molecule has 8 aromatic rings. The van der Waals surface area contributed by atoms with Crippen LogP contribution in [0.3, 0.4) is 0 Å². The van der Waals surface area contributed by atoms with Gasteiger partial charge in [0.1, 0.15) is 17.3 Å². The number of carbonyl (C=O) groups excluding carboxylic acids is 8. The number of aromatic nitrogens is 4. The Morgan fingerprint density at radius 1 is 0.539 bits per heavy atom. The number of carbonyl (C=O) groups is 8. The molecule has 0 radical (unpaired) electrons. The molecule has 6 aliphatic heterocycles. The zero-order chi connectivity index (χ0) is 61.5. The van der Waals surface area contributed by atoms with Crippen molar-refractivity contribution in [3.8, 4) is 0 Å². The summed E-state index contributed by atoms with van der Waals surface area (Å²) in [7, 11) is 0. The van der Waals surface area contributed by atoms with E-state index in [-0.39, 0.29) is 57.7 Å². The van der Waals surface area contributed by atoms with Gasteiger partial charge in [0.25, 0.3) is 11.8 Å². The standard InChI is InChI=1S/C35H35N5O4.C30H30N4O2.C5H6BrNO2/c1-35(14-4-15-35)34(44)38-17-12-23(13-18-38)39-20-22(25-7-3-16-36-31(25)39)19-21-8-9-27-30-24(21)5-2-6-26(30)33(43)40(27)28-10-11-29(41)37-32(28)42;1-30(12-4-13-30)29(36)33-15-10-21(11-16-33)34-18-20(23-7-3-14-31-27(23)34)17-19-8-9-25-26-22(19)5-2-6-24(26)28(35)32-25;6-3-1-2-4(8)7-5(3)9/h2-3,5-9,16,20,23,28H,4,10-15,17-19H2,1H3,(H,37,41,42);2-3,5-9,14,18,21H,4,10-13,15-17H2,1H3,(H,32,35);3H,1-2H2,(H,7,8,9). The topological polar surface area (TPSA) is 218 Å². The highest BCUT2D eigenvalue weighted by molar-refractivity contribution is 9.10. The van der Waals surface area contributed by atoms with Gasteiger partial charge in [0, 0.05) is 138 Å². The van der Waals surface area contributed by atoms with Crippen LogP contribution in [0.2, 0.25) is 0 Å². The maximum absolute atomic E-state index is 13.6. The Morgan fingerprint density at radius 3 is 1.54 bits per heavy atom. The number of rotatable bonds is 9. The van der Waals surface area contributed by atoms with Crippen LogP contribution in [0.15, 0.2) is 110 Å². The Labute approximate surface area is 523 Å². The summed E-state index contributed by atoms with van der Waals surface area (Å²) in [6.45, 7) is 7.42. The van der Waals surface area contributed by atoms with Crippen LogP contribution < -0.4 is 20.9 Å². The molecule has 8 aliphatic rings. The van der Waals surface area contributed by atoms with Gasteiger partial charge in [-0.05, 0) is 146 Å². The van der Waals surface area contributed by atoms with E-state index in [0.717, 1.165) is 151 Å². The Hall–Kier alpha value is -8.58. The number of halogens is 1. The molecule has 2 aliphatic carbocycles. The second-order valence-electron chi connectivity index (χ2n) is 26.1. The van der Waals surface area contributed by atoms with Crippen LogP contribution in [0, 0.1) is 10.8 Å². The average molecular weight is 1260 g/mol. The average Bonchev–Trinajstić information content (AvgIpc) is 1.65.